The van der Waals surface area contributed by atoms with E-state index < -0.39 is 15.7 Å². The van der Waals surface area contributed by atoms with E-state index in [4.69, 9.17) is 16.3 Å². The molecule has 1 aromatic heterocycles. The number of carbonyl (C=O) groups is 1. The fraction of sp³-hybridized carbons (Fsp3) is 0.333. The summed E-state index contributed by atoms with van der Waals surface area (Å²) in [5.41, 5.74) is 0.314. The molecule has 0 saturated heterocycles. The molecule has 0 atom stereocenters. The van der Waals surface area contributed by atoms with Crippen LogP contribution in [-0.4, -0.2) is 47.9 Å². The maximum atomic E-state index is 12.3. The van der Waals surface area contributed by atoms with Gasteiger partial charge in [0, 0.05) is 26.0 Å². The second-order valence-electron chi connectivity index (χ2n) is 4.69. The van der Waals surface area contributed by atoms with E-state index in [0.29, 0.717) is 0 Å². The summed E-state index contributed by atoms with van der Waals surface area (Å²) in [6, 6.07) is 2.65. The van der Waals surface area contributed by atoms with Crippen molar-refractivity contribution in [2.45, 2.75) is 11.5 Å². The van der Waals surface area contributed by atoms with Gasteiger partial charge in [-0.25, -0.2) is 13.1 Å². The molecule has 0 unspecified atom stereocenters. The Balaban J connectivity index is 2.46. The molecule has 1 amide bonds. The minimum atomic E-state index is -3.51. The first-order valence-electron chi connectivity index (χ1n) is 6.29. The van der Waals surface area contributed by atoms with Gasteiger partial charge in [0.15, 0.2) is 9.84 Å². The van der Waals surface area contributed by atoms with Crippen molar-refractivity contribution >= 4 is 33.3 Å². The van der Waals surface area contributed by atoms with Crippen LogP contribution >= 0.6 is 11.6 Å². The maximum absolute atomic E-state index is 12.3. The van der Waals surface area contributed by atoms with Gasteiger partial charge in [-0.2, -0.15) is 0 Å². The van der Waals surface area contributed by atoms with Gasteiger partial charge in [-0.05, 0) is 22.6 Å². The van der Waals surface area contributed by atoms with E-state index >= 15 is 0 Å². The van der Waals surface area contributed by atoms with E-state index in [0.717, 1.165) is 6.26 Å². The smallest absolute Gasteiger partial charge is 0.259 e. The lowest BCUT2D eigenvalue weighted by atomic mass is 10.1. The number of aryl methyl sites for hydroxylation is 1. The highest BCUT2D eigenvalue weighted by molar-refractivity contribution is 7.90. The van der Waals surface area contributed by atoms with Crippen molar-refractivity contribution in [3.05, 3.63) is 28.3 Å². The van der Waals surface area contributed by atoms with Gasteiger partial charge in [-0.1, -0.05) is 16.7 Å². The zero-order chi connectivity index (χ0) is 17.2. The topological polar surface area (TPSA) is 116 Å². The molecule has 0 saturated carbocycles. The molecular formula is C12H14ClN5O4S. The number of methoxy groups -OCH3 is 1. The van der Waals surface area contributed by atoms with Crippen LogP contribution in [0.4, 0.5) is 5.95 Å². The summed E-state index contributed by atoms with van der Waals surface area (Å²) in [6.45, 7) is -0.0477. The third kappa shape index (κ3) is 3.66. The molecule has 2 rings (SSSR count). The van der Waals surface area contributed by atoms with Crippen molar-refractivity contribution in [3.63, 3.8) is 0 Å². The van der Waals surface area contributed by atoms with Gasteiger partial charge < -0.3 is 4.74 Å². The Hall–Kier alpha value is -2.04. The van der Waals surface area contributed by atoms with E-state index in [1.807, 2.05) is 0 Å². The molecule has 0 radical (unpaired) electrons. The number of hydrogen-bond acceptors (Lipinski definition) is 7. The zero-order valence-corrected chi connectivity index (χ0v) is 14.1. The van der Waals surface area contributed by atoms with Crippen LogP contribution in [0.15, 0.2) is 17.0 Å². The Morgan fingerprint density at radius 1 is 1.43 bits per heavy atom. The molecule has 0 spiro atoms. The second-order valence-corrected chi connectivity index (χ2v) is 7.05. The number of tetrazole rings is 1. The summed E-state index contributed by atoms with van der Waals surface area (Å²) >= 11 is 6.21. The lowest BCUT2D eigenvalue weighted by Gasteiger charge is -2.13. The molecule has 0 bridgehead atoms. The Labute approximate surface area is 137 Å². The average Bonchev–Trinajstić information content (AvgIpc) is 2.85. The van der Waals surface area contributed by atoms with Crippen LogP contribution in [0.25, 0.3) is 0 Å². The molecule has 1 heterocycles. The summed E-state index contributed by atoms with van der Waals surface area (Å²) in [5.74, 6) is -0.433. The van der Waals surface area contributed by atoms with E-state index in [-0.39, 0.29) is 33.6 Å². The molecule has 0 aliphatic heterocycles. The highest BCUT2D eigenvalue weighted by Gasteiger charge is 2.22. The number of rotatable bonds is 5. The third-order valence-corrected chi connectivity index (χ3v) is 4.59. The number of ether oxygens (including phenoxy) is 1. The fourth-order valence-electron chi connectivity index (χ4n) is 1.91. The van der Waals surface area contributed by atoms with Gasteiger partial charge in [0.2, 0.25) is 5.95 Å². The predicted molar refractivity (Wildman–Crippen MR) is 82.0 cm³/mol. The maximum Gasteiger partial charge on any atom is 0.259 e. The Bertz CT molecular complexity index is 849. The van der Waals surface area contributed by atoms with Gasteiger partial charge in [0.1, 0.15) is 0 Å². The van der Waals surface area contributed by atoms with Crippen LogP contribution in [-0.2, 0) is 28.2 Å². The fourth-order valence-corrected chi connectivity index (χ4v) is 3.19. The molecule has 0 aliphatic carbocycles. The van der Waals surface area contributed by atoms with E-state index in [9.17, 15) is 13.2 Å². The molecule has 1 N–H and O–H groups in total. The monoisotopic (exact) mass is 359 g/mol. The van der Waals surface area contributed by atoms with Crippen LogP contribution in [0, 0.1) is 0 Å². The molecule has 9 nitrogen and oxygen atoms in total. The first-order chi connectivity index (χ1) is 10.8. The van der Waals surface area contributed by atoms with Gasteiger partial charge >= 0.3 is 0 Å². The number of anilines is 1. The van der Waals surface area contributed by atoms with Gasteiger partial charge in [-0.3, -0.25) is 10.1 Å². The predicted octanol–water partition coefficient (Wildman–Crippen LogP) is 0.666. The summed E-state index contributed by atoms with van der Waals surface area (Å²) < 4.78 is 29.9. The first-order valence-corrected chi connectivity index (χ1v) is 8.56. The summed E-state index contributed by atoms with van der Waals surface area (Å²) in [6.07, 6.45) is 1.06. The standard InChI is InChI=1S/C12H14ClN5O4S/c1-18-12(15-16-17-18)14-11(19)7-4-5-9(23(3,20)21)8(6-22-2)10(7)13/h4-5H,6H2,1-3H3,(H,14,15,17,19). The van der Waals surface area contributed by atoms with Crippen LogP contribution < -0.4 is 5.32 Å². The Kier molecular flexibility index (Phi) is 4.97. The van der Waals surface area contributed by atoms with Crippen molar-refractivity contribution in [1.82, 2.24) is 20.2 Å². The minimum absolute atomic E-state index is 0.00222. The number of amides is 1. The number of aromatic nitrogens is 4. The lowest BCUT2D eigenvalue weighted by molar-refractivity contribution is 0.102. The molecular weight excluding hydrogens is 346 g/mol. The van der Waals surface area contributed by atoms with Gasteiger partial charge in [0.25, 0.3) is 5.91 Å². The van der Waals surface area contributed by atoms with Crippen molar-refractivity contribution < 1.29 is 17.9 Å². The number of nitrogens with zero attached hydrogens (tertiary/aromatic N) is 4. The zero-order valence-electron chi connectivity index (χ0n) is 12.6. The van der Waals surface area contributed by atoms with Crippen LogP contribution in [0.2, 0.25) is 5.02 Å². The van der Waals surface area contributed by atoms with Crippen molar-refractivity contribution in [2.75, 3.05) is 18.7 Å². The normalized spacial score (nSPS) is 11.5. The lowest BCUT2D eigenvalue weighted by Crippen LogP contribution is -2.17. The van der Waals surface area contributed by atoms with E-state index in [2.05, 4.69) is 20.8 Å². The van der Waals surface area contributed by atoms with Crippen molar-refractivity contribution in [1.29, 1.82) is 0 Å². The molecule has 11 heteroatoms. The molecule has 23 heavy (non-hydrogen) atoms. The number of hydrogen-bond donors (Lipinski definition) is 1. The number of nitrogens with one attached hydrogen (secondary N) is 1. The number of sulfone groups is 1. The Morgan fingerprint density at radius 3 is 2.65 bits per heavy atom. The highest BCUT2D eigenvalue weighted by atomic mass is 35.5. The third-order valence-electron chi connectivity index (χ3n) is 2.98. The Morgan fingerprint density at radius 2 is 2.13 bits per heavy atom. The highest BCUT2D eigenvalue weighted by Crippen LogP contribution is 2.29. The van der Waals surface area contributed by atoms with Crippen LogP contribution in [0.3, 0.4) is 0 Å². The summed E-state index contributed by atoms with van der Waals surface area (Å²) in [5, 5.41) is 13.1. The summed E-state index contributed by atoms with van der Waals surface area (Å²) in [7, 11) is -0.551. The second kappa shape index (κ2) is 6.60. The van der Waals surface area contributed by atoms with Crippen molar-refractivity contribution in [3.8, 4) is 0 Å². The van der Waals surface area contributed by atoms with Crippen LogP contribution in [0.5, 0.6) is 0 Å². The molecule has 124 valence electrons. The molecule has 0 aliphatic rings. The van der Waals surface area contributed by atoms with Crippen molar-refractivity contribution in [2.24, 2.45) is 7.05 Å². The molecule has 2 aromatic rings. The van der Waals surface area contributed by atoms with Gasteiger partial charge in [-0.15, -0.1) is 0 Å². The number of carbonyl (C=O) groups excluding carboxylic acids is 1. The SMILES string of the molecule is COCc1c(S(C)(=O)=O)ccc(C(=O)Nc2nnnn2C)c1Cl. The average molecular weight is 360 g/mol. The minimum Gasteiger partial charge on any atom is -0.380 e. The van der Waals surface area contributed by atoms with Gasteiger partial charge in [0.05, 0.1) is 22.1 Å². The largest absolute Gasteiger partial charge is 0.380 e. The summed E-state index contributed by atoms with van der Waals surface area (Å²) in [4.78, 5) is 12.3. The van der Waals surface area contributed by atoms with E-state index in [1.165, 1.54) is 23.9 Å². The van der Waals surface area contributed by atoms with Crippen LogP contribution in [0.1, 0.15) is 15.9 Å². The first kappa shape index (κ1) is 17.3. The molecule has 1 aromatic carbocycles. The number of halogens is 1. The molecule has 0 fully saturated rings. The van der Waals surface area contributed by atoms with E-state index in [1.54, 1.807) is 7.05 Å². The quantitative estimate of drug-likeness (QED) is 0.833. The number of benzene rings is 1.